The standard InChI is InChI=1S/C13H15F.C2H6/c1-13(9-5-2-6-10-13)11-7-3-4-8-12(11)14;1-2/h3-5,7-9H,2,6,10H2,1H3;1-2H3. The van der Waals surface area contributed by atoms with Crippen molar-refractivity contribution in [3.8, 4) is 0 Å². The molecule has 0 N–H and O–H groups in total. The van der Waals surface area contributed by atoms with Crippen LogP contribution in [0.2, 0.25) is 0 Å². The van der Waals surface area contributed by atoms with Crippen molar-refractivity contribution in [2.75, 3.05) is 0 Å². The largest absolute Gasteiger partial charge is 0.207 e. The molecule has 0 nitrogen and oxygen atoms in total. The van der Waals surface area contributed by atoms with E-state index in [1.54, 1.807) is 12.1 Å². The Bertz CT molecular complexity index is 354. The first-order valence-electron chi connectivity index (χ1n) is 6.15. The van der Waals surface area contributed by atoms with Gasteiger partial charge in [0.2, 0.25) is 0 Å². The molecule has 1 aromatic rings. The van der Waals surface area contributed by atoms with Gasteiger partial charge in [-0.1, -0.05) is 51.1 Å². The smallest absolute Gasteiger partial charge is 0.127 e. The second kappa shape index (κ2) is 5.83. The Morgan fingerprint density at radius 2 is 1.88 bits per heavy atom. The number of benzene rings is 1. The SMILES string of the molecule is CC.CC1(c2ccccc2F)C=CCCC1. The van der Waals surface area contributed by atoms with E-state index in [0.717, 1.165) is 24.8 Å². The van der Waals surface area contributed by atoms with E-state index in [1.165, 1.54) is 0 Å². The van der Waals surface area contributed by atoms with Crippen LogP contribution < -0.4 is 0 Å². The highest BCUT2D eigenvalue weighted by atomic mass is 19.1. The van der Waals surface area contributed by atoms with Crippen molar-refractivity contribution in [1.82, 2.24) is 0 Å². The summed E-state index contributed by atoms with van der Waals surface area (Å²) >= 11 is 0. The highest BCUT2D eigenvalue weighted by Gasteiger charge is 2.27. The van der Waals surface area contributed by atoms with E-state index in [4.69, 9.17) is 0 Å². The summed E-state index contributed by atoms with van der Waals surface area (Å²) in [6.07, 6.45) is 7.64. The molecule has 0 bridgehead atoms. The van der Waals surface area contributed by atoms with Crippen molar-refractivity contribution in [3.05, 3.63) is 47.8 Å². The third-order valence-corrected chi connectivity index (χ3v) is 3.04. The summed E-state index contributed by atoms with van der Waals surface area (Å²) < 4.78 is 13.6. The quantitative estimate of drug-likeness (QED) is 0.593. The maximum absolute atomic E-state index is 13.6. The van der Waals surface area contributed by atoms with E-state index in [0.29, 0.717) is 0 Å². The second-order valence-electron chi connectivity index (χ2n) is 4.19. The van der Waals surface area contributed by atoms with Crippen LogP contribution in [0.3, 0.4) is 0 Å². The number of halogens is 1. The van der Waals surface area contributed by atoms with Crippen LogP contribution in [-0.2, 0) is 5.41 Å². The minimum absolute atomic E-state index is 0.0819. The number of allylic oxidation sites excluding steroid dienone is 2. The Hall–Kier alpha value is -1.11. The van der Waals surface area contributed by atoms with Gasteiger partial charge in [-0.15, -0.1) is 0 Å². The summed E-state index contributed by atoms with van der Waals surface area (Å²) in [6, 6.07) is 7.09. The lowest BCUT2D eigenvalue weighted by Crippen LogP contribution is -2.22. The fourth-order valence-electron chi connectivity index (χ4n) is 2.16. The topological polar surface area (TPSA) is 0 Å². The van der Waals surface area contributed by atoms with Crippen LogP contribution in [0.5, 0.6) is 0 Å². The Balaban J connectivity index is 0.000000606. The predicted molar refractivity (Wildman–Crippen MR) is 68.1 cm³/mol. The van der Waals surface area contributed by atoms with Crippen molar-refractivity contribution in [1.29, 1.82) is 0 Å². The molecule has 0 saturated heterocycles. The van der Waals surface area contributed by atoms with E-state index < -0.39 is 0 Å². The van der Waals surface area contributed by atoms with E-state index in [1.807, 2.05) is 26.0 Å². The summed E-state index contributed by atoms with van der Waals surface area (Å²) in [4.78, 5) is 0. The van der Waals surface area contributed by atoms with Gasteiger partial charge in [0, 0.05) is 5.41 Å². The van der Waals surface area contributed by atoms with E-state index >= 15 is 0 Å². The van der Waals surface area contributed by atoms with Gasteiger partial charge in [0.1, 0.15) is 5.82 Å². The summed E-state index contributed by atoms with van der Waals surface area (Å²) in [5, 5.41) is 0. The van der Waals surface area contributed by atoms with E-state index in [2.05, 4.69) is 19.1 Å². The molecule has 0 radical (unpaired) electrons. The highest BCUT2D eigenvalue weighted by Crippen LogP contribution is 2.35. The minimum Gasteiger partial charge on any atom is -0.207 e. The van der Waals surface area contributed by atoms with Crippen LogP contribution in [0, 0.1) is 5.82 Å². The van der Waals surface area contributed by atoms with Crippen LogP contribution in [-0.4, -0.2) is 0 Å². The first-order valence-corrected chi connectivity index (χ1v) is 6.15. The molecule has 2 rings (SSSR count). The van der Waals surface area contributed by atoms with Crippen molar-refractivity contribution in [3.63, 3.8) is 0 Å². The van der Waals surface area contributed by atoms with Crippen LogP contribution in [0.4, 0.5) is 4.39 Å². The first-order chi connectivity index (χ1) is 7.72. The molecule has 1 aliphatic rings. The van der Waals surface area contributed by atoms with Gasteiger partial charge in [-0.2, -0.15) is 0 Å². The molecular weight excluding hydrogens is 199 g/mol. The zero-order valence-corrected chi connectivity index (χ0v) is 10.5. The third-order valence-electron chi connectivity index (χ3n) is 3.04. The molecule has 0 fully saturated rings. The zero-order valence-electron chi connectivity index (χ0n) is 10.5. The molecule has 0 spiro atoms. The molecular formula is C15H21F. The molecule has 1 aromatic carbocycles. The van der Waals surface area contributed by atoms with Gasteiger partial charge in [0.05, 0.1) is 0 Å². The number of hydrogen-bond donors (Lipinski definition) is 0. The monoisotopic (exact) mass is 220 g/mol. The Morgan fingerprint density at radius 1 is 1.19 bits per heavy atom. The van der Waals surface area contributed by atoms with Gasteiger partial charge in [0.15, 0.2) is 0 Å². The lowest BCUT2D eigenvalue weighted by Gasteiger charge is -2.29. The molecule has 16 heavy (non-hydrogen) atoms. The Morgan fingerprint density at radius 3 is 2.44 bits per heavy atom. The zero-order chi connectivity index (χ0) is 12.0. The van der Waals surface area contributed by atoms with Crippen molar-refractivity contribution in [2.45, 2.75) is 45.4 Å². The van der Waals surface area contributed by atoms with Crippen molar-refractivity contribution >= 4 is 0 Å². The molecule has 1 aliphatic carbocycles. The van der Waals surface area contributed by atoms with Gasteiger partial charge < -0.3 is 0 Å². The maximum Gasteiger partial charge on any atom is 0.127 e. The molecule has 0 aliphatic heterocycles. The normalized spacial score (nSPS) is 23.5. The highest BCUT2D eigenvalue weighted by molar-refractivity contribution is 5.32. The van der Waals surface area contributed by atoms with Crippen LogP contribution in [0.15, 0.2) is 36.4 Å². The molecule has 1 heteroatoms. The molecule has 88 valence electrons. The second-order valence-corrected chi connectivity index (χ2v) is 4.19. The fourth-order valence-corrected chi connectivity index (χ4v) is 2.16. The number of hydrogen-bond acceptors (Lipinski definition) is 0. The summed E-state index contributed by atoms with van der Waals surface area (Å²) in [5.41, 5.74) is 0.736. The molecule has 1 atom stereocenters. The predicted octanol–water partition coefficient (Wildman–Crippen LogP) is 4.85. The lowest BCUT2D eigenvalue weighted by molar-refractivity contribution is 0.466. The van der Waals surface area contributed by atoms with Crippen LogP contribution in [0.25, 0.3) is 0 Å². The van der Waals surface area contributed by atoms with Crippen molar-refractivity contribution < 1.29 is 4.39 Å². The summed E-state index contributed by atoms with van der Waals surface area (Å²) in [7, 11) is 0. The van der Waals surface area contributed by atoms with Crippen LogP contribution >= 0.6 is 0 Å². The molecule has 0 amide bonds. The fraction of sp³-hybridized carbons (Fsp3) is 0.467. The molecule has 0 heterocycles. The Kier molecular flexibility index (Phi) is 4.72. The van der Waals surface area contributed by atoms with Gasteiger partial charge in [-0.3, -0.25) is 0 Å². The summed E-state index contributed by atoms with van der Waals surface area (Å²) in [6.45, 7) is 6.11. The van der Waals surface area contributed by atoms with Gasteiger partial charge in [-0.05, 0) is 30.9 Å². The Labute approximate surface area is 98.2 Å². The van der Waals surface area contributed by atoms with E-state index in [9.17, 15) is 4.39 Å². The van der Waals surface area contributed by atoms with Crippen LogP contribution in [0.1, 0.15) is 45.6 Å². The average Bonchev–Trinajstić information content (AvgIpc) is 2.33. The van der Waals surface area contributed by atoms with Gasteiger partial charge in [0.25, 0.3) is 0 Å². The lowest BCUT2D eigenvalue weighted by atomic mass is 9.75. The molecule has 0 aromatic heterocycles. The molecule has 0 saturated carbocycles. The van der Waals surface area contributed by atoms with Gasteiger partial charge >= 0.3 is 0 Å². The van der Waals surface area contributed by atoms with E-state index in [-0.39, 0.29) is 11.2 Å². The maximum atomic E-state index is 13.6. The third kappa shape index (κ3) is 2.72. The van der Waals surface area contributed by atoms with Crippen molar-refractivity contribution in [2.24, 2.45) is 0 Å². The average molecular weight is 220 g/mol. The minimum atomic E-state index is -0.0937. The first kappa shape index (κ1) is 13.0. The summed E-state index contributed by atoms with van der Waals surface area (Å²) in [5.74, 6) is -0.0819. The number of rotatable bonds is 1. The molecule has 1 unspecified atom stereocenters. The van der Waals surface area contributed by atoms with Gasteiger partial charge in [-0.25, -0.2) is 4.39 Å².